The number of hydrogen-bond acceptors (Lipinski definition) is 5. The Kier molecular flexibility index (Phi) is 4.74. The monoisotopic (exact) mass is 364 g/mol. The Bertz CT molecular complexity index is 1130. The Balaban J connectivity index is 2.03. The van der Waals surface area contributed by atoms with Crippen LogP contribution in [0.3, 0.4) is 0 Å². The van der Waals surface area contributed by atoms with Crippen molar-refractivity contribution in [1.29, 1.82) is 5.26 Å². The largest absolute Gasteiger partial charge is 0.422 e. The fraction of sp³-hybridized carbons (Fsp3) is 0.150. The molecule has 26 heavy (non-hydrogen) atoms. The molecule has 0 fully saturated rings. The lowest BCUT2D eigenvalue weighted by Crippen LogP contribution is -2.20. The first kappa shape index (κ1) is 17.6. The number of nitrogens with one attached hydrogen (secondary N) is 1. The number of nitrogens with zero attached hydrogens (tertiary/aromatic N) is 1. The van der Waals surface area contributed by atoms with Crippen molar-refractivity contribution in [2.24, 2.45) is 0 Å². The quantitative estimate of drug-likeness (QED) is 0.552. The summed E-state index contributed by atoms with van der Waals surface area (Å²) >= 11 is 1.31. The highest BCUT2D eigenvalue weighted by atomic mass is 32.1. The topological polar surface area (TPSA) is 83.1 Å². The molecule has 2 aromatic heterocycles. The zero-order valence-electron chi connectivity index (χ0n) is 14.4. The smallest absolute Gasteiger partial charge is 0.349 e. The third kappa shape index (κ3) is 3.05. The molecule has 3 rings (SSSR count). The van der Waals surface area contributed by atoms with E-state index in [4.69, 9.17) is 4.42 Å². The van der Waals surface area contributed by atoms with Crippen molar-refractivity contribution in [3.8, 4) is 6.07 Å². The standard InChI is InChI=1S/C20H16N2O3S/c1-4-6-13-7-5-8-14-9-15(20(24)25-17(13)14)18(23)22-19-16(10-21)11(2)12(3)26-19/h4-5,7-9H,1,6H2,2-3H3,(H,22,23). The van der Waals surface area contributed by atoms with Crippen molar-refractivity contribution in [3.05, 3.63) is 74.5 Å². The molecule has 1 amide bonds. The van der Waals surface area contributed by atoms with Gasteiger partial charge >= 0.3 is 5.63 Å². The van der Waals surface area contributed by atoms with E-state index in [9.17, 15) is 14.9 Å². The molecular weight excluding hydrogens is 348 g/mol. The minimum Gasteiger partial charge on any atom is -0.422 e. The predicted octanol–water partition coefficient (Wildman–Crippen LogP) is 4.32. The van der Waals surface area contributed by atoms with Crippen LogP contribution in [-0.2, 0) is 6.42 Å². The number of aryl methyl sites for hydroxylation is 1. The van der Waals surface area contributed by atoms with Crippen LogP contribution in [-0.4, -0.2) is 5.91 Å². The van der Waals surface area contributed by atoms with Gasteiger partial charge in [0.15, 0.2) is 0 Å². The molecule has 0 aliphatic rings. The molecule has 0 spiro atoms. The summed E-state index contributed by atoms with van der Waals surface area (Å²) in [4.78, 5) is 25.9. The molecule has 0 radical (unpaired) electrons. The summed E-state index contributed by atoms with van der Waals surface area (Å²) in [5, 5.41) is 13.1. The lowest BCUT2D eigenvalue weighted by atomic mass is 10.1. The van der Waals surface area contributed by atoms with E-state index in [0.717, 1.165) is 16.0 Å². The number of fused-ring (bicyclic) bond motifs is 1. The molecule has 0 atom stereocenters. The summed E-state index contributed by atoms with van der Waals surface area (Å²) < 4.78 is 5.40. The lowest BCUT2D eigenvalue weighted by molar-refractivity contribution is 0.102. The zero-order valence-corrected chi connectivity index (χ0v) is 15.2. The van der Waals surface area contributed by atoms with E-state index in [0.29, 0.717) is 28.0 Å². The number of rotatable bonds is 4. The minimum atomic E-state index is -0.713. The van der Waals surface area contributed by atoms with Crippen LogP contribution in [0.4, 0.5) is 5.00 Å². The summed E-state index contributed by atoms with van der Waals surface area (Å²) in [6.45, 7) is 7.40. The van der Waals surface area contributed by atoms with Crippen molar-refractivity contribution in [2.75, 3.05) is 5.32 Å². The summed E-state index contributed by atoms with van der Waals surface area (Å²) in [5.74, 6) is -0.590. The number of anilines is 1. The fourth-order valence-electron chi connectivity index (χ4n) is 2.70. The molecule has 3 aromatic rings. The van der Waals surface area contributed by atoms with Crippen molar-refractivity contribution in [3.63, 3.8) is 0 Å². The number of amides is 1. The van der Waals surface area contributed by atoms with Gasteiger partial charge in [0.05, 0.1) is 5.56 Å². The van der Waals surface area contributed by atoms with Crippen molar-refractivity contribution in [1.82, 2.24) is 0 Å². The second-order valence-corrected chi connectivity index (χ2v) is 7.05. The lowest BCUT2D eigenvalue weighted by Gasteiger charge is -2.06. The molecule has 0 bridgehead atoms. The molecule has 5 nitrogen and oxygen atoms in total. The molecule has 2 heterocycles. The molecule has 0 aliphatic heterocycles. The van der Waals surface area contributed by atoms with Gasteiger partial charge < -0.3 is 9.73 Å². The van der Waals surface area contributed by atoms with Gasteiger partial charge in [-0.1, -0.05) is 24.3 Å². The fourth-order valence-corrected chi connectivity index (χ4v) is 3.71. The Morgan fingerprint density at radius 2 is 2.19 bits per heavy atom. The van der Waals surface area contributed by atoms with Gasteiger partial charge in [0.25, 0.3) is 5.91 Å². The number of nitriles is 1. The van der Waals surface area contributed by atoms with E-state index in [1.165, 1.54) is 17.4 Å². The number of para-hydroxylation sites is 1. The van der Waals surface area contributed by atoms with Crippen LogP contribution in [0.2, 0.25) is 0 Å². The molecular formula is C20H16N2O3S. The second-order valence-electron chi connectivity index (χ2n) is 5.83. The Morgan fingerprint density at radius 3 is 2.88 bits per heavy atom. The van der Waals surface area contributed by atoms with Crippen LogP contribution in [0, 0.1) is 25.2 Å². The van der Waals surface area contributed by atoms with E-state index in [1.807, 2.05) is 26.0 Å². The highest BCUT2D eigenvalue weighted by Gasteiger charge is 2.19. The maximum Gasteiger partial charge on any atom is 0.349 e. The molecule has 0 unspecified atom stereocenters. The number of hydrogen-bond donors (Lipinski definition) is 1. The maximum absolute atomic E-state index is 12.6. The van der Waals surface area contributed by atoms with Gasteiger partial charge in [0, 0.05) is 10.3 Å². The SMILES string of the molecule is C=CCc1cccc2cc(C(=O)Nc3sc(C)c(C)c3C#N)c(=O)oc12. The molecule has 0 saturated carbocycles. The van der Waals surface area contributed by atoms with Crippen LogP contribution < -0.4 is 10.9 Å². The molecule has 1 N–H and O–H groups in total. The van der Waals surface area contributed by atoms with Crippen LogP contribution >= 0.6 is 11.3 Å². The van der Waals surface area contributed by atoms with E-state index in [1.54, 1.807) is 12.1 Å². The third-order valence-electron chi connectivity index (χ3n) is 4.17. The average Bonchev–Trinajstić information content (AvgIpc) is 2.88. The number of allylic oxidation sites excluding steroid dienone is 1. The summed E-state index contributed by atoms with van der Waals surface area (Å²) in [5.41, 5.74) is 1.72. The summed E-state index contributed by atoms with van der Waals surface area (Å²) in [6.07, 6.45) is 2.28. The van der Waals surface area contributed by atoms with Gasteiger partial charge in [-0.3, -0.25) is 4.79 Å². The van der Waals surface area contributed by atoms with Gasteiger partial charge in [-0.25, -0.2) is 4.79 Å². The molecule has 1 aromatic carbocycles. The van der Waals surface area contributed by atoms with Crippen molar-refractivity contribution >= 4 is 33.2 Å². The van der Waals surface area contributed by atoms with Crippen molar-refractivity contribution < 1.29 is 9.21 Å². The number of carbonyl (C=O) groups excluding carboxylic acids is 1. The summed E-state index contributed by atoms with van der Waals surface area (Å²) in [6, 6.07) is 9.07. The van der Waals surface area contributed by atoms with Crippen molar-refractivity contribution in [2.45, 2.75) is 20.3 Å². The van der Waals surface area contributed by atoms with Gasteiger partial charge in [-0.2, -0.15) is 5.26 Å². The van der Waals surface area contributed by atoms with E-state index in [2.05, 4.69) is 18.0 Å². The molecule has 6 heteroatoms. The number of benzene rings is 1. The highest BCUT2D eigenvalue weighted by molar-refractivity contribution is 7.16. The Hall–Kier alpha value is -3.17. The number of carbonyl (C=O) groups is 1. The van der Waals surface area contributed by atoms with Crippen LogP contribution in [0.5, 0.6) is 0 Å². The predicted molar refractivity (Wildman–Crippen MR) is 103 cm³/mol. The van der Waals surface area contributed by atoms with Gasteiger partial charge in [-0.15, -0.1) is 17.9 Å². The second kappa shape index (κ2) is 6.98. The zero-order chi connectivity index (χ0) is 18.8. The Morgan fingerprint density at radius 1 is 1.42 bits per heavy atom. The molecule has 0 saturated heterocycles. The molecule has 130 valence electrons. The Labute approximate surface area is 154 Å². The van der Waals surface area contributed by atoms with E-state index >= 15 is 0 Å². The van der Waals surface area contributed by atoms with E-state index < -0.39 is 11.5 Å². The normalized spacial score (nSPS) is 10.5. The van der Waals surface area contributed by atoms with Crippen LogP contribution in [0.25, 0.3) is 11.0 Å². The average molecular weight is 364 g/mol. The van der Waals surface area contributed by atoms with Crippen LogP contribution in [0.15, 0.2) is 46.1 Å². The first-order valence-corrected chi connectivity index (χ1v) is 8.76. The van der Waals surface area contributed by atoms with Gasteiger partial charge in [-0.05, 0) is 37.5 Å². The third-order valence-corrected chi connectivity index (χ3v) is 5.30. The number of thiophene rings is 1. The minimum absolute atomic E-state index is 0.0964. The summed E-state index contributed by atoms with van der Waals surface area (Å²) in [7, 11) is 0. The molecule has 0 aliphatic carbocycles. The highest BCUT2D eigenvalue weighted by Crippen LogP contribution is 2.32. The van der Waals surface area contributed by atoms with Gasteiger partial charge in [0.2, 0.25) is 0 Å². The van der Waals surface area contributed by atoms with Crippen LogP contribution in [0.1, 0.15) is 31.9 Å². The first-order valence-electron chi connectivity index (χ1n) is 7.94. The van der Waals surface area contributed by atoms with E-state index in [-0.39, 0.29) is 5.56 Å². The maximum atomic E-state index is 12.6. The van der Waals surface area contributed by atoms with Gasteiger partial charge in [0.1, 0.15) is 22.2 Å². The first-order chi connectivity index (χ1) is 12.5.